The highest BCUT2D eigenvalue weighted by molar-refractivity contribution is 7.99. The van der Waals surface area contributed by atoms with Crippen molar-refractivity contribution in [3.63, 3.8) is 0 Å². The summed E-state index contributed by atoms with van der Waals surface area (Å²) in [7, 11) is 0. The average molecular weight is 315 g/mol. The molecule has 1 unspecified atom stereocenters. The van der Waals surface area contributed by atoms with Crippen LogP contribution in [0.2, 0.25) is 0 Å². The maximum Gasteiger partial charge on any atom is 0.239 e. The van der Waals surface area contributed by atoms with E-state index in [0.29, 0.717) is 11.0 Å². The minimum Gasteiger partial charge on any atom is -0.338 e. The van der Waals surface area contributed by atoms with Crippen molar-refractivity contribution in [1.82, 2.24) is 25.3 Å². The van der Waals surface area contributed by atoms with Gasteiger partial charge in [-0.2, -0.15) is 4.98 Å². The highest BCUT2D eigenvalue weighted by Crippen LogP contribution is 2.32. The number of thioether (sulfide) groups is 1. The van der Waals surface area contributed by atoms with Crippen LogP contribution in [0.3, 0.4) is 0 Å². The van der Waals surface area contributed by atoms with E-state index in [1.165, 1.54) is 11.8 Å². The summed E-state index contributed by atoms with van der Waals surface area (Å²) in [6.45, 7) is 6.07. The summed E-state index contributed by atoms with van der Waals surface area (Å²) >= 11 is 1.49. The maximum absolute atomic E-state index is 5.30. The molecule has 2 heterocycles. The number of nitrogens with one attached hydrogen (secondary N) is 1. The van der Waals surface area contributed by atoms with Crippen molar-refractivity contribution in [2.75, 3.05) is 0 Å². The fourth-order valence-electron chi connectivity index (χ4n) is 1.88. The van der Waals surface area contributed by atoms with Crippen LogP contribution >= 0.6 is 11.8 Å². The third-order valence-electron chi connectivity index (χ3n) is 3.12. The van der Waals surface area contributed by atoms with Gasteiger partial charge in [0.05, 0.1) is 5.25 Å². The summed E-state index contributed by atoms with van der Waals surface area (Å²) in [4.78, 5) is 8.90. The van der Waals surface area contributed by atoms with Gasteiger partial charge >= 0.3 is 0 Å². The van der Waals surface area contributed by atoms with Gasteiger partial charge < -0.3 is 4.52 Å². The molecule has 0 saturated carbocycles. The number of benzene rings is 1. The molecule has 0 bridgehead atoms. The first-order valence-corrected chi connectivity index (χ1v) is 7.99. The van der Waals surface area contributed by atoms with Crippen LogP contribution in [0.15, 0.2) is 40.0 Å². The first-order chi connectivity index (χ1) is 10.6. The Morgan fingerprint density at radius 1 is 1.09 bits per heavy atom. The van der Waals surface area contributed by atoms with Crippen LogP contribution in [0.5, 0.6) is 0 Å². The van der Waals surface area contributed by atoms with Gasteiger partial charge in [-0.3, -0.25) is 5.10 Å². The van der Waals surface area contributed by atoms with E-state index in [2.05, 4.69) is 25.3 Å². The standard InChI is InChI=1S/C15H17N5OS/c1-9(2)12-16-14(21-20-12)10(3)22-15-17-13(18-19-15)11-7-5-4-6-8-11/h4-10H,1-3H3,(H,17,18,19). The molecule has 2 aromatic heterocycles. The smallest absolute Gasteiger partial charge is 0.239 e. The molecular weight excluding hydrogens is 298 g/mol. The lowest BCUT2D eigenvalue weighted by molar-refractivity contribution is 0.373. The molecule has 0 amide bonds. The highest BCUT2D eigenvalue weighted by atomic mass is 32.2. The van der Waals surface area contributed by atoms with Gasteiger partial charge in [-0.1, -0.05) is 61.1 Å². The van der Waals surface area contributed by atoms with Crippen LogP contribution in [0.25, 0.3) is 11.4 Å². The molecule has 7 heteroatoms. The molecule has 1 N–H and O–H groups in total. The van der Waals surface area contributed by atoms with Crippen molar-refractivity contribution in [3.05, 3.63) is 42.0 Å². The fraction of sp³-hybridized carbons (Fsp3) is 0.333. The molecule has 0 fully saturated rings. The second-order valence-corrected chi connectivity index (χ2v) is 6.55. The number of hydrogen-bond acceptors (Lipinski definition) is 6. The van der Waals surface area contributed by atoms with Gasteiger partial charge in [0.25, 0.3) is 0 Å². The van der Waals surface area contributed by atoms with Crippen molar-refractivity contribution in [3.8, 4) is 11.4 Å². The highest BCUT2D eigenvalue weighted by Gasteiger charge is 2.19. The molecule has 0 radical (unpaired) electrons. The Morgan fingerprint density at radius 2 is 1.86 bits per heavy atom. The molecule has 3 aromatic rings. The Morgan fingerprint density at radius 3 is 2.55 bits per heavy atom. The van der Waals surface area contributed by atoms with Crippen LogP contribution in [-0.4, -0.2) is 25.3 Å². The lowest BCUT2D eigenvalue weighted by Gasteiger charge is -2.01. The third-order valence-corrected chi connectivity index (χ3v) is 4.06. The fourth-order valence-corrected chi connectivity index (χ4v) is 2.63. The van der Waals surface area contributed by atoms with E-state index < -0.39 is 0 Å². The van der Waals surface area contributed by atoms with E-state index in [9.17, 15) is 0 Å². The second kappa shape index (κ2) is 6.31. The number of H-pyrrole nitrogens is 1. The number of hydrogen-bond donors (Lipinski definition) is 1. The molecule has 0 spiro atoms. The Balaban J connectivity index is 1.71. The molecule has 3 rings (SSSR count). The van der Waals surface area contributed by atoms with Crippen molar-refractivity contribution in [1.29, 1.82) is 0 Å². The predicted octanol–water partition coefficient (Wildman–Crippen LogP) is 3.83. The molecule has 1 atom stereocenters. The average Bonchev–Trinajstić information content (AvgIpc) is 3.17. The van der Waals surface area contributed by atoms with E-state index >= 15 is 0 Å². The zero-order valence-corrected chi connectivity index (χ0v) is 13.5. The van der Waals surface area contributed by atoms with Gasteiger partial charge in [-0.25, -0.2) is 4.98 Å². The van der Waals surface area contributed by atoms with Crippen molar-refractivity contribution < 1.29 is 4.52 Å². The van der Waals surface area contributed by atoms with E-state index in [1.54, 1.807) is 0 Å². The Kier molecular flexibility index (Phi) is 4.24. The van der Waals surface area contributed by atoms with Gasteiger partial charge in [-0.15, -0.1) is 5.10 Å². The number of aromatic nitrogens is 5. The summed E-state index contributed by atoms with van der Waals surface area (Å²) in [6, 6.07) is 9.90. The van der Waals surface area contributed by atoms with Gasteiger partial charge in [0.2, 0.25) is 11.0 Å². The third kappa shape index (κ3) is 3.19. The zero-order valence-electron chi connectivity index (χ0n) is 12.6. The van der Waals surface area contributed by atoms with Crippen molar-refractivity contribution in [2.45, 2.75) is 37.1 Å². The molecule has 22 heavy (non-hydrogen) atoms. The second-order valence-electron chi connectivity index (χ2n) is 5.24. The van der Waals surface area contributed by atoms with Crippen LogP contribution < -0.4 is 0 Å². The topological polar surface area (TPSA) is 80.5 Å². The number of rotatable bonds is 5. The van der Waals surface area contributed by atoms with E-state index in [1.807, 2.05) is 51.1 Å². The maximum atomic E-state index is 5.30. The zero-order chi connectivity index (χ0) is 15.5. The molecular formula is C15H17N5OS. The summed E-state index contributed by atoms with van der Waals surface area (Å²) < 4.78 is 5.30. The van der Waals surface area contributed by atoms with E-state index in [0.717, 1.165) is 17.2 Å². The molecule has 0 saturated heterocycles. The monoisotopic (exact) mass is 315 g/mol. The molecule has 0 aliphatic carbocycles. The predicted molar refractivity (Wildman–Crippen MR) is 84.5 cm³/mol. The molecule has 114 valence electrons. The van der Waals surface area contributed by atoms with Crippen molar-refractivity contribution in [2.24, 2.45) is 0 Å². The number of nitrogens with zero attached hydrogens (tertiary/aromatic N) is 4. The lowest BCUT2D eigenvalue weighted by atomic mass is 10.2. The summed E-state index contributed by atoms with van der Waals surface area (Å²) in [6.07, 6.45) is 0. The van der Waals surface area contributed by atoms with Gasteiger partial charge in [0.1, 0.15) is 0 Å². The normalized spacial score (nSPS) is 12.7. The Hall–Kier alpha value is -2.15. The largest absolute Gasteiger partial charge is 0.338 e. The minimum atomic E-state index is -0.000534. The lowest BCUT2D eigenvalue weighted by Crippen LogP contribution is -1.93. The molecule has 6 nitrogen and oxygen atoms in total. The molecule has 0 aliphatic heterocycles. The van der Waals surface area contributed by atoms with Gasteiger partial charge in [0.15, 0.2) is 11.6 Å². The first-order valence-electron chi connectivity index (χ1n) is 7.11. The molecule has 1 aromatic carbocycles. The quantitative estimate of drug-likeness (QED) is 0.721. The van der Waals surface area contributed by atoms with Gasteiger partial charge in [-0.05, 0) is 6.92 Å². The summed E-state index contributed by atoms with van der Waals surface area (Å²) in [5.41, 5.74) is 1.01. The SMILES string of the molecule is CC(C)c1noc(C(C)Sc2n[nH]c(-c3ccccc3)n2)n1. The summed E-state index contributed by atoms with van der Waals surface area (Å²) in [5, 5.41) is 11.8. The molecule has 0 aliphatic rings. The van der Waals surface area contributed by atoms with Crippen LogP contribution in [0.1, 0.15) is 43.7 Å². The van der Waals surface area contributed by atoms with Crippen LogP contribution in [-0.2, 0) is 0 Å². The van der Waals surface area contributed by atoms with Crippen molar-refractivity contribution >= 4 is 11.8 Å². The Bertz CT molecular complexity index is 737. The van der Waals surface area contributed by atoms with Crippen LogP contribution in [0.4, 0.5) is 0 Å². The minimum absolute atomic E-state index is 0.000534. The number of aromatic amines is 1. The van der Waals surface area contributed by atoms with Gasteiger partial charge in [0, 0.05) is 11.5 Å². The summed E-state index contributed by atoms with van der Waals surface area (Å²) in [5.74, 6) is 2.33. The van der Waals surface area contributed by atoms with E-state index in [-0.39, 0.29) is 11.2 Å². The first kappa shape index (κ1) is 14.8. The Labute approximate surface area is 132 Å². The van der Waals surface area contributed by atoms with E-state index in [4.69, 9.17) is 4.52 Å². The van der Waals surface area contributed by atoms with Crippen LogP contribution in [0, 0.1) is 0 Å².